The Morgan fingerprint density at radius 3 is 2.36 bits per heavy atom. The number of carbonyl (C=O) groups excluding carboxylic acids is 1. The van der Waals surface area contributed by atoms with Crippen LogP contribution in [0.2, 0.25) is 0 Å². The third-order valence-corrected chi connectivity index (χ3v) is 7.89. The minimum absolute atomic E-state index is 0.0381. The van der Waals surface area contributed by atoms with Gasteiger partial charge >= 0.3 is 5.97 Å². The molecule has 0 bridgehead atoms. The first-order valence-electron chi connectivity index (χ1n) is 13.4. The summed E-state index contributed by atoms with van der Waals surface area (Å²) < 4.78 is 5.56. The van der Waals surface area contributed by atoms with Crippen molar-refractivity contribution in [3.8, 4) is 0 Å². The lowest BCUT2D eigenvalue weighted by Gasteiger charge is -2.36. The molecule has 0 saturated carbocycles. The number of Topliss-reactive ketones (excluding diaryl/α,β-unsaturated/α-hetero) is 1. The molecule has 1 aliphatic heterocycles. The van der Waals surface area contributed by atoms with Gasteiger partial charge in [-0.1, -0.05) is 80.1 Å². The van der Waals surface area contributed by atoms with Gasteiger partial charge in [0.05, 0.1) is 5.41 Å². The average Bonchev–Trinajstić information content (AvgIpc) is 2.91. The summed E-state index contributed by atoms with van der Waals surface area (Å²) in [6.45, 7) is 3.47. The van der Waals surface area contributed by atoms with Gasteiger partial charge in [0.15, 0.2) is 0 Å². The summed E-state index contributed by atoms with van der Waals surface area (Å²) >= 11 is 0. The number of benzene rings is 3. The Kier molecular flexibility index (Phi) is 8.93. The molecule has 3 aromatic carbocycles. The number of hydrogen-bond donors (Lipinski definition) is 1. The SMILES string of the molecule is C[C@@H](CCCCc1ccc(C2(C(=O)CCCC(=O)O)CCOCC2)cc1)c1cccc2ccccc12. The van der Waals surface area contributed by atoms with Crippen molar-refractivity contribution in [3.63, 3.8) is 0 Å². The molecule has 0 spiro atoms. The minimum atomic E-state index is -0.848. The first-order valence-corrected chi connectivity index (χ1v) is 13.4. The highest BCUT2D eigenvalue weighted by molar-refractivity contribution is 5.90. The number of carboxylic acid groups (broad SMARTS) is 1. The predicted molar refractivity (Wildman–Crippen MR) is 145 cm³/mol. The summed E-state index contributed by atoms with van der Waals surface area (Å²) in [5.41, 5.74) is 3.26. The topological polar surface area (TPSA) is 63.6 Å². The zero-order chi connectivity index (χ0) is 25.4. The van der Waals surface area contributed by atoms with Crippen LogP contribution in [0.5, 0.6) is 0 Å². The third-order valence-electron chi connectivity index (χ3n) is 7.89. The van der Waals surface area contributed by atoms with Crippen LogP contribution in [0.3, 0.4) is 0 Å². The fraction of sp³-hybridized carbons (Fsp3) is 0.438. The fourth-order valence-electron chi connectivity index (χ4n) is 5.69. The molecule has 1 aliphatic rings. The Bertz CT molecular complexity index is 1150. The number of carboxylic acids is 1. The van der Waals surface area contributed by atoms with Crippen LogP contribution >= 0.6 is 0 Å². The van der Waals surface area contributed by atoms with E-state index in [1.54, 1.807) is 0 Å². The van der Waals surface area contributed by atoms with Gasteiger partial charge in [-0.3, -0.25) is 9.59 Å². The molecule has 1 saturated heterocycles. The van der Waals surface area contributed by atoms with Gasteiger partial charge in [-0.25, -0.2) is 0 Å². The number of ether oxygens (including phenoxy) is 1. The van der Waals surface area contributed by atoms with Crippen LogP contribution in [0.4, 0.5) is 0 Å². The first-order chi connectivity index (χ1) is 17.5. The Labute approximate surface area is 214 Å². The van der Waals surface area contributed by atoms with Crippen molar-refractivity contribution in [2.45, 2.75) is 76.0 Å². The van der Waals surface area contributed by atoms with E-state index < -0.39 is 11.4 Å². The first kappa shape index (κ1) is 26.1. The minimum Gasteiger partial charge on any atom is -0.481 e. The van der Waals surface area contributed by atoms with Crippen molar-refractivity contribution in [2.75, 3.05) is 13.2 Å². The van der Waals surface area contributed by atoms with Crippen LogP contribution in [-0.2, 0) is 26.2 Å². The molecule has 4 rings (SSSR count). The highest BCUT2D eigenvalue weighted by atomic mass is 16.5. The lowest BCUT2D eigenvalue weighted by atomic mass is 9.69. The van der Waals surface area contributed by atoms with Crippen molar-refractivity contribution < 1.29 is 19.4 Å². The van der Waals surface area contributed by atoms with Gasteiger partial charge in [-0.2, -0.15) is 0 Å². The van der Waals surface area contributed by atoms with E-state index in [1.165, 1.54) is 34.7 Å². The molecule has 0 aliphatic carbocycles. The Morgan fingerprint density at radius 2 is 1.61 bits per heavy atom. The highest BCUT2D eigenvalue weighted by Gasteiger charge is 2.40. The van der Waals surface area contributed by atoms with Gasteiger partial charge in [0, 0.05) is 26.1 Å². The normalized spacial score (nSPS) is 16.0. The van der Waals surface area contributed by atoms with Crippen molar-refractivity contribution in [2.24, 2.45) is 0 Å². The maximum atomic E-state index is 13.2. The molecule has 1 N–H and O–H groups in total. The van der Waals surface area contributed by atoms with Crippen molar-refractivity contribution in [1.29, 1.82) is 0 Å². The molecule has 0 radical (unpaired) electrons. The number of unbranched alkanes of at least 4 members (excludes halogenated alkanes) is 1. The van der Waals surface area contributed by atoms with Crippen molar-refractivity contribution >= 4 is 22.5 Å². The molecular formula is C32H38O4. The average molecular weight is 487 g/mol. The summed E-state index contributed by atoms with van der Waals surface area (Å²) in [6.07, 6.45) is 6.60. The predicted octanol–water partition coefficient (Wildman–Crippen LogP) is 7.23. The van der Waals surface area contributed by atoms with Crippen LogP contribution < -0.4 is 0 Å². The number of ketones is 1. The zero-order valence-electron chi connectivity index (χ0n) is 21.4. The lowest BCUT2D eigenvalue weighted by molar-refractivity contribution is -0.137. The summed E-state index contributed by atoms with van der Waals surface area (Å²) in [5.74, 6) is -0.166. The van der Waals surface area contributed by atoms with Gasteiger partial charge in [0.1, 0.15) is 5.78 Å². The monoisotopic (exact) mass is 486 g/mol. The summed E-state index contributed by atoms with van der Waals surface area (Å²) in [7, 11) is 0. The number of hydrogen-bond acceptors (Lipinski definition) is 3. The van der Waals surface area contributed by atoms with Crippen LogP contribution in [0.1, 0.15) is 80.9 Å². The van der Waals surface area contributed by atoms with Crippen LogP contribution in [0, 0.1) is 0 Å². The molecule has 36 heavy (non-hydrogen) atoms. The summed E-state index contributed by atoms with van der Waals surface area (Å²) in [4.78, 5) is 24.1. The molecule has 0 aromatic heterocycles. The van der Waals surface area contributed by atoms with Gasteiger partial charge < -0.3 is 9.84 Å². The maximum Gasteiger partial charge on any atom is 0.303 e. The Hall–Kier alpha value is -2.98. The highest BCUT2D eigenvalue weighted by Crippen LogP contribution is 2.37. The molecule has 4 heteroatoms. The van der Waals surface area contributed by atoms with Gasteiger partial charge in [0.25, 0.3) is 0 Å². The summed E-state index contributed by atoms with van der Waals surface area (Å²) in [5, 5.41) is 11.6. The Morgan fingerprint density at radius 1 is 0.889 bits per heavy atom. The second-order valence-electron chi connectivity index (χ2n) is 10.3. The molecule has 0 unspecified atom stereocenters. The number of aryl methyl sites for hydroxylation is 1. The van der Waals surface area contributed by atoms with Crippen LogP contribution in [0.15, 0.2) is 66.7 Å². The molecule has 190 valence electrons. The van der Waals surface area contributed by atoms with E-state index in [4.69, 9.17) is 9.84 Å². The van der Waals surface area contributed by atoms with Crippen molar-refractivity contribution in [3.05, 3.63) is 83.4 Å². The summed E-state index contributed by atoms with van der Waals surface area (Å²) in [6, 6.07) is 23.8. The van der Waals surface area contributed by atoms with Crippen molar-refractivity contribution in [1.82, 2.24) is 0 Å². The number of rotatable bonds is 12. The van der Waals surface area contributed by atoms with Gasteiger partial charge in [0.2, 0.25) is 0 Å². The largest absolute Gasteiger partial charge is 0.481 e. The second kappa shape index (κ2) is 12.3. The molecule has 0 amide bonds. The number of carbonyl (C=O) groups is 2. The van der Waals surface area contributed by atoms with E-state index in [-0.39, 0.29) is 12.2 Å². The quantitative estimate of drug-likeness (QED) is 0.274. The lowest BCUT2D eigenvalue weighted by Crippen LogP contribution is -2.41. The molecule has 1 atom stereocenters. The Balaban J connectivity index is 1.32. The van der Waals surface area contributed by atoms with Crippen LogP contribution in [0.25, 0.3) is 10.8 Å². The third kappa shape index (κ3) is 6.22. The second-order valence-corrected chi connectivity index (χ2v) is 10.3. The van der Waals surface area contributed by atoms with Gasteiger partial charge in [-0.15, -0.1) is 0 Å². The maximum absolute atomic E-state index is 13.2. The fourth-order valence-corrected chi connectivity index (χ4v) is 5.69. The van der Waals surface area contributed by atoms with E-state index in [9.17, 15) is 9.59 Å². The zero-order valence-corrected chi connectivity index (χ0v) is 21.4. The molecule has 1 fully saturated rings. The number of aliphatic carboxylic acids is 1. The smallest absolute Gasteiger partial charge is 0.303 e. The van der Waals surface area contributed by atoms with E-state index in [0.717, 1.165) is 18.4 Å². The van der Waals surface area contributed by atoms with E-state index >= 15 is 0 Å². The molecule has 3 aromatic rings. The van der Waals surface area contributed by atoms with Crippen LogP contribution in [-0.4, -0.2) is 30.1 Å². The molecular weight excluding hydrogens is 448 g/mol. The molecule has 4 nitrogen and oxygen atoms in total. The van der Waals surface area contributed by atoms with E-state index in [0.29, 0.717) is 44.8 Å². The van der Waals surface area contributed by atoms with E-state index in [2.05, 4.69) is 73.7 Å². The molecule has 1 heterocycles. The standard InChI is InChI=1S/C32H38O4/c1-24(28-13-6-11-26-10-4-5-12-29(26)28)8-2-3-9-25-16-18-27(19-17-25)32(20-22-36-23-21-32)30(33)14-7-15-31(34)35/h4-6,10-13,16-19,24H,2-3,7-9,14-15,20-23H2,1H3,(H,34,35)/t24-/m0/s1. The van der Waals surface area contributed by atoms with E-state index in [1.807, 2.05) is 0 Å². The number of fused-ring (bicyclic) bond motifs is 1. The van der Waals surface area contributed by atoms with Gasteiger partial charge in [-0.05, 0) is 71.9 Å².